The molecule has 0 aliphatic rings. The zero-order valence-corrected chi connectivity index (χ0v) is 12.7. The second-order valence-corrected chi connectivity index (χ2v) is 5.42. The molecule has 0 aliphatic carbocycles. The molecule has 0 atom stereocenters. The number of nitrogens with zero attached hydrogens (tertiary/aromatic N) is 1. The number of hydrogen-bond donors (Lipinski definition) is 0. The lowest BCUT2D eigenvalue weighted by Crippen LogP contribution is -2.38. The topological polar surface area (TPSA) is 20.3 Å². The van der Waals surface area contributed by atoms with E-state index >= 15 is 0 Å². The van der Waals surface area contributed by atoms with Gasteiger partial charge in [0, 0.05) is 18.5 Å². The van der Waals surface area contributed by atoms with Crippen molar-refractivity contribution in [2.75, 3.05) is 12.4 Å². The van der Waals surface area contributed by atoms with Gasteiger partial charge in [0.2, 0.25) is 0 Å². The fourth-order valence-electron chi connectivity index (χ4n) is 1.67. The first-order valence-corrected chi connectivity index (χ1v) is 7.09. The molecule has 1 rings (SSSR count). The van der Waals surface area contributed by atoms with Crippen molar-refractivity contribution in [3.63, 3.8) is 0 Å². The maximum absolute atomic E-state index is 12.4. The van der Waals surface area contributed by atoms with Gasteiger partial charge >= 0.3 is 0 Å². The average Bonchev–Trinajstić information content (AvgIpc) is 2.28. The van der Waals surface area contributed by atoms with Crippen molar-refractivity contribution >= 4 is 40.7 Å². The summed E-state index contributed by atoms with van der Waals surface area (Å²) in [5.74, 6) is 0.373. The standard InChI is InChI=1S/C13H16Cl3NO/c1-9(2)17(8-4-7-14)13(18)12-10(15)5-3-6-11(12)16/h3,5-6,9H,4,7-8H2,1-2H3. The Hall–Kier alpha value is -0.440. The van der Waals surface area contributed by atoms with E-state index < -0.39 is 0 Å². The maximum Gasteiger partial charge on any atom is 0.257 e. The van der Waals surface area contributed by atoms with Gasteiger partial charge in [-0.05, 0) is 32.4 Å². The van der Waals surface area contributed by atoms with Crippen molar-refractivity contribution in [2.45, 2.75) is 26.3 Å². The van der Waals surface area contributed by atoms with E-state index in [9.17, 15) is 4.79 Å². The van der Waals surface area contributed by atoms with Gasteiger partial charge in [0.25, 0.3) is 5.91 Å². The summed E-state index contributed by atoms with van der Waals surface area (Å²) in [6.45, 7) is 4.51. The van der Waals surface area contributed by atoms with Crippen LogP contribution in [0.15, 0.2) is 18.2 Å². The molecule has 0 bridgehead atoms. The predicted molar refractivity (Wildman–Crippen MR) is 78.0 cm³/mol. The van der Waals surface area contributed by atoms with Gasteiger partial charge in [-0.3, -0.25) is 4.79 Å². The van der Waals surface area contributed by atoms with Gasteiger partial charge in [0.05, 0.1) is 15.6 Å². The summed E-state index contributed by atoms with van der Waals surface area (Å²) in [6.07, 6.45) is 0.744. The van der Waals surface area contributed by atoms with Crippen LogP contribution in [-0.4, -0.2) is 29.3 Å². The Labute approximate surface area is 123 Å². The number of rotatable bonds is 5. The summed E-state index contributed by atoms with van der Waals surface area (Å²) in [6, 6.07) is 5.13. The summed E-state index contributed by atoms with van der Waals surface area (Å²) in [5.41, 5.74) is 0.365. The molecule has 0 N–H and O–H groups in total. The van der Waals surface area contributed by atoms with Crippen molar-refractivity contribution in [1.29, 1.82) is 0 Å². The lowest BCUT2D eigenvalue weighted by atomic mass is 10.1. The number of carbonyl (C=O) groups excluding carboxylic acids is 1. The van der Waals surface area contributed by atoms with E-state index in [2.05, 4.69) is 0 Å². The van der Waals surface area contributed by atoms with E-state index in [1.807, 2.05) is 13.8 Å². The Kier molecular flexibility index (Phi) is 6.27. The molecule has 0 fully saturated rings. The van der Waals surface area contributed by atoms with E-state index in [1.54, 1.807) is 23.1 Å². The van der Waals surface area contributed by atoms with Crippen LogP contribution in [0.5, 0.6) is 0 Å². The van der Waals surface area contributed by atoms with Crippen molar-refractivity contribution in [3.8, 4) is 0 Å². The molecule has 1 amide bonds. The number of halogens is 3. The first-order valence-electron chi connectivity index (χ1n) is 5.80. The molecule has 0 saturated carbocycles. The summed E-state index contributed by atoms with van der Waals surface area (Å²) < 4.78 is 0. The van der Waals surface area contributed by atoms with Crippen LogP contribution in [0.4, 0.5) is 0 Å². The first kappa shape index (κ1) is 15.6. The number of amides is 1. The van der Waals surface area contributed by atoms with Gasteiger partial charge in [-0.15, -0.1) is 11.6 Å². The molecule has 0 spiro atoms. The molecule has 0 unspecified atom stereocenters. The van der Waals surface area contributed by atoms with Crippen molar-refractivity contribution in [2.24, 2.45) is 0 Å². The lowest BCUT2D eigenvalue weighted by Gasteiger charge is -2.27. The molecule has 100 valence electrons. The SMILES string of the molecule is CC(C)N(CCCCl)C(=O)c1c(Cl)cccc1Cl. The van der Waals surface area contributed by atoms with Crippen LogP contribution in [0.2, 0.25) is 10.0 Å². The minimum Gasteiger partial charge on any atom is -0.336 e. The summed E-state index contributed by atoms with van der Waals surface area (Å²) in [5, 5.41) is 0.757. The highest BCUT2D eigenvalue weighted by Crippen LogP contribution is 2.26. The number of hydrogen-bond acceptors (Lipinski definition) is 1. The Balaban J connectivity index is 3.02. The highest BCUT2D eigenvalue weighted by Gasteiger charge is 2.22. The van der Waals surface area contributed by atoms with Gasteiger partial charge in [-0.1, -0.05) is 29.3 Å². The van der Waals surface area contributed by atoms with E-state index in [0.29, 0.717) is 28.0 Å². The third kappa shape index (κ3) is 3.78. The molecular formula is C13H16Cl3NO. The average molecular weight is 309 g/mol. The van der Waals surface area contributed by atoms with Gasteiger partial charge < -0.3 is 4.90 Å². The lowest BCUT2D eigenvalue weighted by molar-refractivity contribution is 0.0707. The van der Waals surface area contributed by atoms with Crippen LogP contribution in [-0.2, 0) is 0 Å². The fraction of sp³-hybridized carbons (Fsp3) is 0.462. The predicted octanol–water partition coefficient (Wildman–Crippen LogP) is 4.47. The van der Waals surface area contributed by atoms with Crippen LogP contribution in [0.25, 0.3) is 0 Å². The minimum atomic E-state index is -0.147. The summed E-state index contributed by atoms with van der Waals surface area (Å²) in [7, 11) is 0. The second kappa shape index (κ2) is 7.22. The summed E-state index contributed by atoms with van der Waals surface area (Å²) >= 11 is 17.8. The highest BCUT2D eigenvalue weighted by atomic mass is 35.5. The number of carbonyl (C=O) groups is 1. The van der Waals surface area contributed by atoms with Crippen LogP contribution in [0.1, 0.15) is 30.6 Å². The Morgan fingerprint density at radius 3 is 2.28 bits per heavy atom. The highest BCUT2D eigenvalue weighted by molar-refractivity contribution is 6.39. The normalized spacial score (nSPS) is 10.8. The van der Waals surface area contributed by atoms with E-state index in [1.165, 1.54) is 0 Å². The molecule has 1 aromatic carbocycles. The van der Waals surface area contributed by atoms with Crippen molar-refractivity contribution < 1.29 is 4.79 Å². The first-order chi connectivity index (χ1) is 8.49. The Morgan fingerprint density at radius 2 is 1.83 bits per heavy atom. The van der Waals surface area contributed by atoms with Crippen molar-refractivity contribution in [1.82, 2.24) is 4.90 Å². The summed E-state index contributed by atoms with van der Waals surface area (Å²) in [4.78, 5) is 14.2. The zero-order chi connectivity index (χ0) is 13.7. The maximum atomic E-state index is 12.4. The second-order valence-electron chi connectivity index (χ2n) is 4.23. The van der Waals surface area contributed by atoms with E-state index in [-0.39, 0.29) is 11.9 Å². The van der Waals surface area contributed by atoms with E-state index in [0.717, 1.165) is 6.42 Å². The molecular weight excluding hydrogens is 293 g/mol. The van der Waals surface area contributed by atoms with Crippen LogP contribution in [0.3, 0.4) is 0 Å². The number of alkyl halides is 1. The molecule has 0 heterocycles. The monoisotopic (exact) mass is 307 g/mol. The van der Waals surface area contributed by atoms with Crippen molar-refractivity contribution in [3.05, 3.63) is 33.8 Å². The Morgan fingerprint density at radius 1 is 1.28 bits per heavy atom. The third-order valence-electron chi connectivity index (χ3n) is 2.59. The molecule has 1 aromatic rings. The third-order valence-corrected chi connectivity index (χ3v) is 3.49. The Bertz CT molecular complexity index is 400. The molecule has 0 saturated heterocycles. The molecule has 5 heteroatoms. The quantitative estimate of drug-likeness (QED) is 0.735. The fourth-order valence-corrected chi connectivity index (χ4v) is 2.35. The van der Waals surface area contributed by atoms with Crippen LogP contribution in [0, 0.1) is 0 Å². The molecule has 0 aromatic heterocycles. The van der Waals surface area contributed by atoms with Gasteiger partial charge in [0.1, 0.15) is 0 Å². The molecule has 18 heavy (non-hydrogen) atoms. The van der Waals surface area contributed by atoms with Gasteiger partial charge in [0.15, 0.2) is 0 Å². The van der Waals surface area contributed by atoms with Crippen LogP contribution < -0.4 is 0 Å². The van der Waals surface area contributed by atoms with E-state index in [4.69, 9.17) is 34.8 Å². The van der Waals surface area contributed by atoms with Gasteiger partial charge in [-0.2, -0.15) is 0 Å². The molecule has 2 nitrogen and oxygen atoms in total. The van der Waals surface area contributed by atoms with Crippen LogP contribution >= 0.6 is 34.8 Å². The molecule has 0 aliphatic heterocycles. The zero-order valence-electron chi connectivity index (χ0n) is 10.4. The smallest absolute Gasteiger partial charge is 0.257 e. The minimum absolute atomic E-state index is 0.0769. The van der Waals surface area contributed by atoms with Gasteiger partial charge in [-0.25, -0.2) is 0 Å². The number of benzene rings is 1. The largest absolute Gasteiger partial charge is 0.336 e. The molecule has 0 radical (unpaired) electrons.